The fraction of sp³-hybridized carbons (Fsp3) is 0.909. The van der Waals surface area contributed by atoms with E-state index in [9.17, 15) is 13.2 Å². The number of sulfone groups is 1. The van der Waals surface area contributed by atoms with Crippen LogP contribution in [0.15, 0.2) is 0 Å². The van der Waals surface area contributed by atoms with Gasteiger partial charge in [-0.3, -0.25) is 9.69 Å². The number of alkyl halides is 1. The average Bonchev–Trinajstić information content (AvgIpc) is 2.51. The van der Waals surface area contributed by atoms with Crippen molar-refractivity contribution < 1.29 is 13.2 Å². The van der Waals surface area contributed by atoms with Crippen LogP contribution in [0.1, 0.15) is 12.8 Å². The minimum Gasteiger partial charge on any atom is -0.350 e. The topological polar surface area (TPSA) is 92.5 Å². The minimum absolute atomic E-state index is 0.0614. The second kappa shape index (κ2) is 5.95. The molecule has 3 N–H and O–H groups in total. The molecule has 0 spiro atoms. The van der Waals surface area contributed by atoms with Crippen LogP contribution >= 0.6 is 11.6 Å². The molecule has 3 atom stereocenters. The van der Waals surface area contributed by atoms with Crippen LogP contribution in [-0.2, 0) is 14.6 Å². The van der Waals surface area contributed by atoms with Gasteiger partial charge in [-0.15, -0.1) is 11.6 Å². The molecule has 3 unspecified atom stereocenters. The molecule has 2 aliphatic heterocycles. The first kappa shape index (κ1) is 15.0. The smallest absolute Gasteiger partial charge is 0.234 e. The van der Waals surface area contributed by atoms with Gasteiger partial charge >= 0.3 is 0 Å². The van der Waals surface area contributed by atoms with Gasteiger partial charge in [0.1, 0.15) is 0 Å². The summed E-state index contributed by atoms with van der Waals surface area (Å²) in [5, 5.41) is 2.18. The van der Waals surface area contributed by atoms with Crippen molar-refractivity contribution >= 4 is 27.3 Å². The predicted molar refractivity (Wildman–Crippen MR) is 73.9 cm³/mol. The molecule has 1 amide bonds. The van der Waals surface area contributed by atoms with Gasteiger partial charge in [-0.1, -0.05) is 0 Å². The van der Waals surface area contributed by atoms with Crippen LogP contribution in [0, 0.1) is 0 Å². The first-order valence-electron chi connectivity index (χ1n) is 6.47. The zero-order valence-corrected chi connectivity index (χ0v) is 12.3. The predicted octanol–water partition coefficient (Wildman–Crippen LogP) is -1.07. The lowest BCUT2D eigenvalue weighted by atomic mass is 10.1. The summed E-state index contributed by atoms with van der Waals surface area (Å²) < 4.78 is 22.8. The number of hydrogen-bond acceptors (Lipinski definition) is 5. The van der Waals surface area contributed by atoms with E-state index in [2.05, 4.69) is 5.32 Å². The lowest BCUT2D eigenvalue weighted by molar-refractivity contribution is -0.123. The van der Waals surface area contributed by atoms with E-state index in [4.69, 9.17) is 17.3 Å². The summed E-state index contributed by atoms with van der Waals surface area (Å²) in [6.45, 7) is 1.82. The van der Waals surface area contributed by atoms with E-state index in [0.29, 0.717) is 6.54 Å². The van der Waals surface area contributed by atoms with Gasteiger partial charge in [-0.05, 0) is 19.4 Å². The molecule has 0 aliphatic carbocycles. The molecule has 2 rings (SSSR count). The SMILES string of the molecule is NC1CCCN(CC(=O)NC2CS(=O)(=O)CC2Cl)C1. The number of nitrogens with zero attached hydrogens (tertiary/aromatic N) is 1. The maximum atomic E-state index is 11.9. The van der Waals surface area contributed by atoms with Gasteiger partial charge in [0.15, 0.2) is 9.84 Å². The molecule has 2 aliphatic rings. The monoisotopic (exact) mass is 309 g/mol. The van der Waals surface area contributed by atoms with Gasteiger partial charge in [0.05, 0.1) is 29.5 Å². The molecule has 2 fully saturated rings. The number of nitrogens with two attached hydrogens (primary N) is 1. The fourth-order valence-electron chi connectivity index (χ4n) is 2.63. The zero-order valence-electron chi connectivity index (χ0n) is 10.7. The lowest BCUT2D eigenvalue weighted by Crippen LogP contribution is -2.49. The molecule has 0 aromatic carbocycles. The van der Waals surface area contributed by atoms with E-state index in [1.165, 1.54) is 0 Å². The summed E-state index contributed by atoms with van der Waals surface area (Å²) in [4.78, 5) is 13.9. The summed E-state index contributed by atoms with van der Waals surface area (Å²) in [5.41, 5.74) is 5.85. The van der Waals surface area contributed by atoms with Gasteiger partial charge in [-0.2, -0.15) is 0 Å². The van der Waals surface area contributed by atoms with Gasteiger partial charge in [0, 0.05) is 12.6 Å². The molecule has 2 saturated heterocycles. The number of carbonyl (C=O) groups excluding carboxylic acids is 1. The third kappa shape index (κ3) is 4.30. The molecule has 6 nitrogen and oxygen atoms in total. The third-order valence-electron chi connectivity index (χ3n) is 3.54. The first-order chi connectivity index (χ1) is 8.85. The molecular formula is C11H20ClN3O3S. The third-order valence-corrected chi connectivity index (χ3v) is 5.91. The number of carbonyl (C=O) groups is 1. The molecule has 8 heteroatoms. The highest BCUT2D eigenvalue weighted by Gasteiger charge is 2.37. The Morgan fingerprint density at radius 2 is 2.16 bits per heavy atom. The van der Waals surface area contributed by atoms with E-state index in [-0.39, 0.29) is 30.0 Å². The number of nitrogens with one attached hydrogen (secondary N) is 1. The van der Waals surface area contributed by atoms with Crippen molar-refractivity contribution in [1.82, 2.24) is 10.2 Å². The molecule has 0 radical (unpaired) electrons. The molecule has 0 saturated carbocycles. The Bertz CT molecular complexity index is 442. The molecule has 0 aromatic heterocycles. The van der Waals surface area contributed by atoms with Crippen molar-refractivity contribution in [2.45, 2.75) is 30.3 Å². The number of likely N-dealkylation sites (tertiary alicyclic amines) is 1. The quantitative estimate of drug-likeness (QED) is 0.648. The highest BCUT2D eigenvalue weighted by molar-refractivity contribution is 7.91. The summed E-state index contributed by atoms with van der Waals surface area (Å²) in [6.07, 6.45) is 1.98. The Balaban J connectivity index is 1.81. The maximum absolute atomic E-state index is 11.9. The van der Waals surface area contributed by atoms with E-state index in [1.807, 2.05) is 4.90 Å². The van der Waals surface area contributed by atoms with Crippen LogP contribution in [0.2, 0.25) is 0 Å². The van der Waals surface area contributed by atoms with Crippen molar-refractivity contribution in [2.24, 2.45) is 5.73 Å². The molecular weight excluding hydrogens is 290 g/mol. The Labute approximate surface area is 118 Å². The summed E-state index contributed by atoms with van der Waals surface area (Å²) in [6, 6.07) is -0.355. The van der Waals surface area contributed by atoms with Gasteiger partial charge in [-0.25, -0.2) is 8.42 Å². The van der Waals surface area contributed by atoms with Gasteiger partial charge in [0.25, 0.3) is 0 Å². The zero-order chi connectivity index (χ0) is 14.0. The minimum atomic E-state index is -3.11. The van der Waals surface area contributed by atoms with Crippen molar-refractivity contribution in [3.05, 3.63) is 0 Å². The Morgan fingerprint density at radius 1 is 1.42 bits per heavy atom. The van der Waals surface area contributed by atoms with Crippen LogP contribution in [-0.4, -0.2) is 67.8 Å². The normalized spacial score (nSPS) is 35.2. The van der Waals surface area contributed by atoms with Crippen LogP contribution in [0.5, 0.6) is 0 Å². The summed E-state index contributed by atoms with van der Waals surface area (Å²) in [5.74, 6) is -0.303. The van der Waals surface area contributed by atoms with Crippen molar-refractivity contribution in [2.75, 3.05) is 31.1 Å². The van der Waals surface area contributed by atoms with E-state index in [0.717, 1.165) is 19.4 Å². The van der Waals surface area contributed by atoms with Crippen LogP contribution in [0.3, 0.4) is 0 Å². The van der Waals surface area contributed by atoms with E-state index < -0.39 is 21.3 Å². The fourth-order valence-corrected chi connectivity index (χ4v) is 5.18. The van der Waals surface area contributed by atoms with Crippen molar-refractivity contribution in [3.63, 3.8) is 0 Å². The second-order valence-corrected chi connectivity index (χ2v) is 8.12. The highest BCUT2D eigenvalue weighted by atomic mass is 35.5. The van der Waals surface area contributed by atoms with Gasteiger partial charge in [0.2, 0.25) is 5.91 Å². The Kier molecular flexibility index (Phi) is 4.70. The van der Waals surface area contributed by atoms with Crippen LogP contribution < -0.4 is 11.1 Å². The number of amides is 1. The molecule has 2 heterocycles. The number of hydrogen-bond donors (Lipinski definition) is 2. The molecule has 0 bridgehead atoms. The molecule has 19 heavy (non-hydrogen) atoms. The van der Waals surface area contributed by atoms with Gasteiger partial charge < -0.3 is 11.1 Å². The lowest BCUT2D eigenvalue weighted by Gasteiger charge is -2.30. The summed E-state index contributed by atoms with van der Waals surface area (Å²) >= 11 is 5.95. The number of halogens is 1. The second-order valence-electron chi connectivity index (χ2n) is 5.40. The first-order valence-corrected chi connectivity index (χ1v) is 8.73. The summed E-state index contributed by atoms with van der Waals surface area (Å²) in [7, 11) is -3.11. The molecule has 0 aromatic rings. The average molecular weight is 310 g/mol. The Morgan fingerprint density at radius 3 is 2.74 bits per heavy atom. The Hall–Kier alpha value is -0.370. The van der Waals surface area contributed by atoms with E-state index in [1.54, 1.807) is 0 Å². The van der Waals surface area contributed by atoms with E-state index >= 15 is 0 Å². The maximum Gasteiger partial charge on any atom is 0.234 e. The van der Waals surface area contributed by atoms with Crippen LogP contribution in [0.4, 0.5) is 0 Å². The highest BCUT2D eigenvalue weighted by Crippen LogP contribution is 2.18. The standard InChI is InChI=1S/C11H20ClN3O3S/c12-9-6-19(17,18)7-10(9)14-11(16)5-15-3-1-2-8(13)4-15/h8-10H,1-7,13H2,(H,14,16). The molecule has 110 valence electrons. The van der Waals surface area contributed by atoms with Crippen molar-refractivity contribution in [1.29, 1.82) is 0 Å². The largest absolute Gasteiger partial charge is 0.350 e. The van der Waals surface area contributed by atoms with Crippen LogP contribution in [0.25, 0.3) is 0 Å². The van der Waals surface area contributed by atoms with Crippen molar-refractivity contribution in [3.8, 4) is 0 Å². The number of piperidine rings is 1. The number of rotatable bonds is 3.